The quantitative estimate of drug-likeness (QED) is 0.169. The monoisotopic (exact) mass is 736 g/mol. The van der Waals surface area contributed by atoms with Crippen molar-refractivity contribution in [2.45, 2.75) is 26.2 Å². The third-order valence-electron chi connectivity index (χ3n) is 12.9. The first-order valence-electron chi connectivity index (χ1n) is 20.5. The minimum absolute atomic E-state index is 0.000895. The van der Waals surface area contributed by atoms with Gasteiger partial charge in [0.1, 0.15) is 0 Å². The molecule has 12 rings (SSSR count). The molecule has 0 saturated heterocycles. The Labute approximate surface area is 339 Å². The second kappa shape index (κ2) is 12.2. The van der Waals surface area contributed by atoms with E-state index < -0.39 is 0 Å². The molecule has 272 valence electrons. The van der Waals surface area contributed by atoms with Gasteiger partial charge in [0.15, 0.2) is 0 Å². The van der Waals surface area contributed by atoms with E-state index in [4.69, 9.17) is 0 Å². The van der Waals surface area contributed by atoms with Crippen molar-refractivity contribution in [2.75, 3.05) is 0 Å². The first-order valence-corrected chi connectivity index (χ1v) is 20.5. The van der Waals surface area contributed by atoms with E-state index in [1.807, 2.05) is 0 Å². The number of rotatable bonds is 4. The molecule has 10 aromatic carbocycles. The zero-order chi connectivity index (χ0) is 38.7. The number of hydrogen-bond acceptors (Lipinski definition) is 0. The summed E-state index contributed by atoms with van der Waals surface area (Å²) < 4.78 is 0. The summed E-state index contributed by atoms with van der Waals surface area (Å²) in [6, 6.07) is 70.6. The van der Waals surface area contributed by atoms with Gasteiger partial charge in [0.2, 0.25) is 0 Å². The summed E-state index contributed by atoms with van der Waals surface area (Å²) in [7, 11) is 0. The minimum atomic E-state index is 0.000895. The molecular weight excluding hydrogens is 697 g/mol. The molecule has 0 nitrogen and oxygen atoms in total. The van der Waals surface area contributed by atoms with Crippen LogP contribution in [0.25, 0.3) is 121 Å². The van der Waals surface area contributed by atoms with Crippen LogP contribution in [0.15, 0.2) is 188 Å². The van der Waals surface area contributed by atoms with Crippen molar-refractivity contribution in [3.05, 3.63) is 194 Å². The molecule has 58 heavy (non-hydrogen) atoms. The lowest BCUT2D eigenvalue weighted by atomic mass is 9.81. The van der Waals surface area contributed by atoms with Gasteiger partial charge in [-0.05, 0) is 151 Å². The van der Waals surface area contributed by atoms with Gasteiger partial charge in [-0.25, -0.2) is 0 Å². The Morgan fingerprint density at radius 1 is 0.259 bits per heavy atom. The number of hydrogen-bond donors (Lipinski definition) is 0. The summed E-state index contributed by atoms with van der Waals surface area (Å²) >= 11 is 0. The highest BCUT2D eigenvalue weighted by molar-refractivity contribution is 6.29. The molecule has 2 aliphatic carbocycles. The van der Waals surface area contributed by atoms with Crippen LogP contribution in [0, 0.1) is 0 Å². The van der Waals surface area contributed by atoms with Crippen LogP contribution in [-0.2, 0) is 5.41 Å². The third-order valence-corrected chi connectivity index (χ3v) is 12.9. The van der Waals surface area contributed by atoms with Gasteiger partial charge in [0.05, 0.1) is 0 Å². The smallest absolute Gasteiger partial charge is 0.000741 e. The van der Waals surface area contributed by atoms with Crippen molar-refractivity contribution in [3.63, 3.8) is 0 Å². The molecule has 0 bridgehead atoms. The fraction of sp³-hybridized carbons (Fsp3) is 0.0690. The number of benzene rings is 10. The highest BCUT2D eigenvalue weighted by atomic mass is 14.3. The third kappa shape index (κ3) is 4.69. The Morgan fingerprint density at radius 3 is 1.41 bits per heavy atom. The average Bonchev–Trinajstić information content (AvgIpc) is 3.77. The molecule has 0 aliphatic heterocycles. The van der Waals surface area contributed by atoms with Gasteiger partial charge in [-0.1, -0.05) is 191 Å². The number of fused-ring (bicyclic) bond motifs is 7. The van der Waals surface area contributed by atoms with Crippen molar-refractivity contribution >= 4 is 32.3 Å². The molecule has 0 heteroatoms. The van der Waals surface area contributed by atoms with E-state index in [-0.39, 0.29) is 5.41 Å². The standard InChI is InChI=1S/C58H40/c1-58(2,3)39-33-50-41(28-30-45-42-22-13-14-23-43(42)51(34-39)55(45)50)38-26-27-46-49(32-38)53(37-20-11-6-12-21-37)56-47-25-15-24-44-40(35-16-7-4-8-17-35)29-31-48(54(44)47)57(56)52(46)36-18-9-5-10-19-36/h4-34H,1-3H3. The summed E-state index contributed by atoms with van der Waals surface area (Å²) in [5.41, 5.74) is 22.1. The lowest BCUT2D eigenvalue weighted by molar-refractivity contribution is 0.591. The van der Waals surface area contributed by atoms with Gasteiger partial charge in [-0.2, -0.15) is 0 Å². The maximum Gasteiger partial charge on any atom is -0.000741 e. The molecule has 0 amide bonds. The van der Waals surface area contributed by atoms with Crippen LogP contribution < -0.4 is 0 Å². The molecule has 2 aliphatic rings. The highest BCUT2D eigenvalue weighted by Gasteiger charge is 2.32. The molecular formula is C58H40. The zero-order valence-corrected chi connectivity index (χ0v) is 32.9. The molecule has 0 aromatic heterocycles. The van der Waals surface area contributed by atoms with E-state index in [2.05, 4.69) is 209 Å². The largest absolute Gasteiger partial charge is 0.0622 e. The minimum Gasteiger partial charge on any atom is -0.0622 e. The van der Waals surface area contributed by atoms with Crippen molar-refractivity contribution in [1.29, 1.82) is 0 Å². The predicted molar refractivity (Wildman–Crippen MR) is 248 cm³/mol. The van der Waals surface area contributed by atoms with Gasteiger partial charge in [-0.3, -0.25) is 0 Å². The van der Waals surface area contributed by atoms with Gasteiger partial charge >= 0.3 is 0 Å². The second-order valence-electron chi connectivity index (χ2n) is 17.1. The van der Waals surface area contributed by atoms with Crippen molar-refractivity contribution in [1.82, 2.24) is 0 Å². The summed E-state index contributed by atoms with van der Waals surface area (Å²) in [5.74, 6) is 0. The van der Waals surface area contributed by atoms with Crippen molar-refractivity contribution < 1.29 is 0 Å². The lowest BCUT2D eigenvalue weighted by Gasteiger charge is -2.23. The highest BCUT2D eigenvalue weighted by Crippen LogP contribution is 2.59. The Balaban J connectivity index is 1.21. The summed E-state index contributed by atoms with van der Waals surface area (Å²) in [4.78, 5) is 0. The van der Waals surface area contributed by atoms with E-state index in [9.17, 15) is 0 Å². The van der Waals surface area contributed by atoms with Gasteiger partial charge < -0.3 is 0 Å². The molecule has 0 spiro atoms. The SMILES string of the molecule is CC(C)(C)c1cc2c3c(ccc(-c4ccc5c(-c6ccccc6)c6c(c(-c7ccccc7)c5c4)-c4cccc5c(-c7ccccc7)ccc-6c45)c3c1)-c1ccccc1-2. The molecule has 0 N–H and O–H groups in total. The molecule has 0 heterocycles. The van der Waals surface area contributed by atoms with Crippen LogP contribution in [-0.4, -0.2) is 0 Å². The fourth-order valence-electron chi connectivity index (χ4n) is 10.3. The van der Waals surface area contributed by atoms with Crippen LogP contribution in [0.3, 0.4) is 0 Å². The molecule has 0 atom stereocenters. The van der Waals surface area contributed by atoms with Crippen molar-refractivity contribution in [3.8, 4) is 89.0 Å². The van der Waals surface area contributed by atoms with Crippen LogP contribution in [0.5, 0.6) is 0 Å². The van der Waals surface area contributed by atoms with E-state index in [1.54, 1.807) is 0 Å². The first-order chi connectivity index (χ1) is 28.4. The maximum atomic E-state index is 2.51. The second-order valence-corrected chi connectivity index (χ2v) is 17.1. The van der Waals surface area contributed by atoms with Crippen LogP contribution in [0.4, 0.5) is 0 Å². The van der Waals surface area contributed by atoms with Gasteiger partial charge in [0.25, 0.3) is 0 Å². The predicted octanol–water partition coefficient (Wildman–Crippen LogP) is 16.4. The van der Waals surface area contributed by atoms with Crippen LogP contribution in [0.1, 0.15) is 26.3 Å². The molecule has 10 aromatic rings. The molecule has 0 radical (unpaired) electrons. The van der Waals surface area contributed by atoms with E-state index in [0.717, 1.165) is 0 Å². The summed E-state index contributed by atoms with van der Waals surface area (Å²) in [5, 5.41) is 7.87. The van der Waals surface area contributed by atoms with Gasteiger partial charge in [0, 0.05) is 0 Å². The van der Waals surface area contributed by atoms with E-state index in [1.165, 1.54) is 127 Å². The Bertz CT molecular complexity index is 3330. The zero-order valence-electron chi connectivity index (χ0n) is 32.9. The van der Waals surface area contributed by atoms with Crippen LogP contribution >= 0.6 is 0 Å². The van der Waals surface area contributed by atoms with Crippen molar-refractivity contribution in [2.24, 2.45) is 0 Å². The van der Waals surface area contributed by atoms with Gasteiger partial charge in [-0.15, -0.1) is 0 Å². The average molecular weight is 737 g/mol. The Kier molecular flexibility index (Phi) is 7.00. The maximum absolute atomic E-state index is 2.51. The lowest BCUT2D eigenvalue weighted by Crippen LogP contribution is -2.11. The molecule has 0 fully saturated rings. The summed E-state index contributed by atoms with van der Waals surface area (Å²) in [6.45, 7) is 7.00. The Hall–Kier alpha value is -7.02. The molecule has 0 saturated carbocycles. The Morgan fingerprint density at radius 2 is 0.759 bits per heavy atom. The van der Waals surface area contributed by atoms with E-state index in [0.29, 0.717) is 0 Å². The first kappa shape index (κ1) is 33.2. The topological polar surface area (TPSA) is 0 Å². The normalized spacial score (nSPS) is 12.4. The fourth-order valence-corrected chi connectivity index (χ4v) is 10.3. The summed E-state index contributed by atoms with van der Waals surface area (Å²) in [6.07, 6.45) is 0. The van der Waals surface area contributed by atoms with Crippen LogP contribution in [0.2, 0.25) is 0 Å². The van der Waals surface area contributed by atoms with E-state index >= 15 is 0 Å². The molecule has 0 unspecified atom stereocenters.